The number of fused-ring (bicyclic) bond motifs is 4. The molecule has 0 spiro atoms. The van der Waals surface area contributed by atoms with Crippen LogP contribution in [0.4, 0.5) is 0 Å². The van der Waals surface area contributed by atoms with Gasteiger partial charge in [-0.2, -0.15) is 0 Å². The summed E-state index contributed by atoms with van der Waals surface area (Å²) in [6, 6.07) is 12.9. The Labute approximate surface area is 194 Å². The minimum absolute atomic E-state index is 0.100. The van der Waals surface area contributed by atoms with Gasteiger partial charge in [0.2, 0.25) is 0 Å². The minimum atomic E-state index is -0.100. The third kappa shape index (κ3) is 3.34. The molecule has 0 saturated heterocycles. The fourth-order valence-electron chi connectivity index (χ4n) is 4.08. The first-order valence-corrected chi connectivity index (χ1v) is 11.4. The van der Waals surface area contributed by atoms with Gasteiger partial charge in [0.25, 0.3) is 5.56 Å². The van der Waals surface area contributed by atoms with Crippen LogP contribution in [0.5, 0.6) is 0 Å². The lowest BCUT2D eigenvalue weighted by atomic mass is 10.2. The van der Waals surface area contributed by atoms with Crippen LogP contribution in [0.3, 0.4) is 0 Å². The lowest BCUT2D eigenvalue weighted by molar-refractivity contribution is 0.570. The minimum Gasteiger partial charge on any atom is -0.296 e. The molecule has 2 aromatic carbocycles. The maximum Gasteiger partial charge on any atom is 0.265 e. The molecule has 0 aliphatic carbocycles. The SMILES string of the molecule is CCCCCn1c(C)nc2c(c1=O)c1nc3ccccc3nc1n2-c1ccc(Cl)c(Cl)c1. The molecular formula is C24H21Cl2N5O. The standard InChI is InChI=1S/C24H21Cl2N5O/c1-3-4-7-12-30-14(2)27-22-20(24(30)32)21-23(29-19-9-6-5-8-18(19)28-21)31(22)15-10-11-16(25)17(26)13-15/h5-6,8-11,13H,3-4,7,12H2,1-2H3. The summed E-state index contributed by atoms with van der Waals surface area (Å²) < 4.78 is 3.59. The smallest absolute Gasteiger partial charge is 0.265 e. The van der Waals surface area contributed by atoms with E-state index in [0.29, 0.717) is 44.6 Å². The Hall–Kier alpha value is -2.96. The summed E-state index contributed by atoms with van der Waals surface area (Å²) in [6.45, 7) is 4.63. The highest BCUT2D eigenvalue weighted by atomic mass is 35.5. The summed E-state index contributed by atoms with van der Waals surface area (Å²) in [5.41, 5.74) is 3.70. The lowest BCUT2D eigenvalue weighted by Crippen LogP contribution is -2.24. The van der Waals surface area contributed by atoms with Crippen LogP contribution in [0, 0.1) is 6.92 Å². The first-order valence-electron chi connectivity index (χ1n) is 10.6. The van der Waals surface area contributed by atoms with Gasteiger partial charge in [-0.3, -0.25) is 13.9 Å². The van der Waals surface area contributed by atoms with Gasteiger partial charge in [0.1, 0.15) is 16.7 Å². The summed E-state index contributed by atoms with van der Waals surface area (Å²) in [5, 5.41) is 1.33. The molecular weight excluding hydrogens is 445 g/mol. The van der Waals surface area contributed by atoms with Crippen molar-refractivity contribution in [1.82, 2.24) is 24.1 Å². The number of hydrogen-bond acceptors (Lipinski definition) is 4. The monoisotopic (exact) mass is 465 g/mol. The molecule has 0 bridgehead atoms. The Balaban J connectivity index is 1.91. The zero-order valence-electron chi connectivity index (χ0n) is 17.8. The van der Waals surface area contributed by atoms with Crippen LogP contribution >= 0.6 is 23.2 Å². The fourth-order valence-corrected chi connectivity index (χ4v) is 4.38. The van der Waals surface area contributed by atoms with Crippen LogP contribution in [-0.4, -0.2) is 24.1 Å². The molecule has 5 aromatic rings. The largest absolute Gasteiger partial charge is 0.296 e. The zero-order valence-corrected chi connectivity index (χ0v) is 19.3. The molecule has 0 saturated carbocycles. The van der Waals surface area contributed by atoms with Crippen LogP contribution in [0.1, 0.15) is 32.0 Å². The average Bonchev–Trinajstić information content (AvgIpc) is 3.09. The van der Waals surface area contributed by atoms with E-state index in [0.717, 1.165) is 36.0 Å². The van der Waals surface area contributed by atoms with E-state index >= 15 is 0 Å². The van der Waals surface area contributed by atoms with Crippen molar-refractivity contribution in [2.24, 2.45) is 0 Å². The van der Waals surface area contributed by atoms with Gasteiger partial charge in [0.05, 0.1) is 26.8 Å². The quantitative estimate of drug-likeness (QED) is 0.294. The van der Waals surface area contributed by atoms with Crippen molar-refractivity contribution >= 4 is 56.4 Å². The van der Waals surface area contributed by atoms with Gasteiger partial charge in [0.15, 0.2) is 11.3 Å². The summed E-state index contributed by atoms with van der Waals surface area (Å²) >= 11 is 12.5. The number of nitrogens with zero attached hydrogens (tertiary/aromatic N) is 5. The molecule has 3 heterocycles. The van der Waals surface area contributed by atoms with E-state index < -0.39 is 0 Å². The second kappa shape index (κ2) is 8.19. The number of aryl methyl sites for hydroxylation is 1. The lowest BCUT2D eigenvalue weighted by Gasteiger charge is -2.11. The second-order valence-electron chi connectivity index (χ2n) is 7.84. The van der Waals surface area contributed by atoms with E-state index in [2.05, 4.69) is 6.92 Å². The number of para-hydroxylation sites is 2. The van der Waals surface area contributed by atoms with E-state index in [1.807, 2.05) is 41.8 Å². The summed E-state index contributed by atoms with van der Waals surface area (Å²) in [5.74, 6) is 0.660. The van der Waals surface area contributed by atoms with Crippen molar-refractivity contribution in [3.8, 4) is 5.69 Å². The molecule has 3 aromatic heterocycles. The van der Waals surface area contributed by atoms with Crippen LogP contribution in [-0.2, 0) is 6.54 Å². The molecule has 0 radical (unpaired) electrons. The van der Waals surface area contributed by atoms with Crippen molar-refractivity contribution in [2.45, 2.75) is 39.7 Å². The summed E-state index contributed by atoms with van der Waals surface area (Å²) in [7, 11) is 0. The molecule has 8 heteroatoms. The van der Waals surface area contributed by atoms with Crippen molar-refractivity contribution in [3.05, 3.63) is 68.7 Å². The fraction of sp³-hybridized carbons (Fsp3) is 0.250. The van der Waals surface area contributed by atoms with Crippen LogP contribution in [0.15, 0.2) is 47.3 Å². The van der Waals surface area contributed by atoms with Crippen molar-refractivity contribution in [3.63, 3.8) is 0 Å². The number of benzene rings is 2. The van der Waals surface area contributed by atoms with E-state index in [-0.39, 0.29) is 5.56 Å². The van der Waals surface area contributed by atoms with Gasteiger partial charge >= 0.3 is 0 Å². The number of halogens is 2. The van der Waals surface area contributed by atoms with Crippen LogP contribution in [0.2, 0.25) is 10.0 Å². The first kappa shape index (κ1) is 20.9. The molecule has 32 heavy (non-hydrogen) atoms. The average molecular weight is 466 g/mol. The third-order valence-corrected chi connectivity index (χ3v) is 6.44. The Morgan fingerprint density at radius 1 is 0.906 bits per heavy atom. The number of aromatic nitrogens is 5. The zero-order chi connectivity index (χ0) is 22.4. The maximum absolute atomic E-state index is 13.7. The molecule has 0 amide bonds. The molecule has 0 aliphatic rings. The van der Waals surface area contributed by atoms with Gasteiger partial charge in [-0.15, -0.1) is 0 Å². The number of hydrogen-bond donors (Lipinski definition) is 0. The third-order valence-electron chi connectivity index (χ3n) is 5.70. The highest BCUT2D eigenvalue weighted by Gasteiger charge is 2.22. The maximum atomic E-state index is 13.7. The molecule has 0 aliphatic heterocycles. The molecule has 0 N–H and O–H groups in total. The van der Waals surface area contributed by atoms with Crippen molar-refractivity contribution < 1.29 is 0 Å². The van der Waals surface area contributed by atoms with Gasteiger partial charge in [-0.1, -0.05) is 55.1 Å². The second-order valence-corrected chi connectivity index (χ2v) is 8.65. The van der Waals surface area contributed by atoms with Gasteiger partial charge in [0, 0.05) is 6.54 Å². The summed E-state index contributed by atoms with van der Waals surface area (Å²) in [4.78, 5) is 28.2. The van der Waals surface area contributed by atoms with Gasteiger partial charge in [-0.25, -0.2) is 15.0 Å². The molecule has 5 rings (SSSR count). The van der Waals surface area contributed by atoms with Crippen LogP contribution < -0.4 is 5.56 Å². The van der Waals surface area contributed by atoms with Gasteiger partial charge < -0.3 is 0 Å². The predicted molar refractivity (Wildman–Crippen MR) is 130 cm³/mol. The molecule has 162 valence electrons. The number of unbranched alkanes of at least 4 members (excludes halogenated alkanes) is 2. The van der Waals surface area contributed by atoms with Gasteiger partial charge in [-0.05, 0) is 43.7 Å². The van der Waals surface area contributed by atoms with E-state index in [4.69, 9.17) is 38.2 Å². The van der Waals surface area contributed by atoms with Crippen LogP contribution in [0.25, 0.3) is 38.9 Å². The molecule has 0 atom stereocenters. The van der Waals surface area contributed by atoms with E-state index in [1.165, 1.54) is 0 Å². The normalized spacial score (nSPS) is 11.8. The summed E-state index contributed by atoms with van der Waals surface area (Å²) in [6.07, 6.45) is 3.06. The predicted octanol–water partition coefficient (Wildman–Crippen LogP) is 6.09. The molecule has 0 fully saturated rings. The molecule has 0 unspecified atom stereocenters. The Bertz CT molecular complexity index is 1550. The topological polar surface area (TPSA) is 65.6 Å². The Kier molecular flexibility index (Phi) is 5.35. The Morgan fingerprint density at radius 3 is 2.38 bits per heavy atom. The first-order chi connectivity index (χ1) is 15.5. The number of rotatable bonds is 5. The van der Waals surface area contributed by atoms with E-state index in [9.17, 15) is 4.79 Å². The van der Waals surface area contributed by atoms with E-state index in [1.54, 1.807) is 16.7 Å². The highest BCUT2D eigenvalue weighted by Crippen LogP contribution is 2.31. The van der Waals surface area contributed by atoms with Crippen molar-refractivity contribution in [1.29, 1.82) is 0 Å². The van der Waals surface area contributed by atoms with Crippen molar-refractivity contribution in [2.75, 3.05) is 0 Å². The molecule has 6 nitrogen and oxygen atoms in total. The Morgan fingerprint density at radius 2 is 1.66 bits per heavy atom. The highest BCUT2D eigenvalue weighted by molar-refractivity contribution is 6.42.